The molecule has 0 radical (unpaired) electrons. The third-order valence-corrected chi connectivity index (χ3v) is 6.52. The molecular formula is C21H26O5S. The van der Waals surface area contributed by atoms with Crippen LogP contribution in [-0.2, 0) is 25.9 Å². The number of hydrogen-bond donors (Lipinski definition) is 1. The minimum atomic E-state index is -3.52. The van der Waals surface area contributed by atoms with Crippen LogP contribution >= 0.6 is 0 Å². The zero-order valence-corrected chi connectivity index (χ0v) is 16.3. The third kappa shape index (κ3) is 5.62. The Kier molecular flexibility index (Phi) is 6.65. The molecule has 3 rings (SSSR count). The molecule has 2 aromatic rings. The van der Waals surface area contributed by atoms with Crippen molar-refractivity contribution in [1.29, 1.82) is 0 Å². The fourth-order valence-corrected chi connectivity index (χ4v) is 4.64. The monoisotopic (exact) mass is 390 g/mol. The SMILES string of the molecule is Cc1ccc(S(=O)(=O)C[C@@H]2O[C@H](COCc3ccccc3)CC[C@H]2O)cc1. The number of hydrogen-bond acceptors (Lipinski definition) is 5. The van der Waals surface area contributed by atoms with E-state index in [2.05, 4.69) is 0 Å². The Balaban J connectivity index is 1.56. The first-order valence-electron chi connectivity index (χ1n) is 9.19. The van der Waals surface area contributed by atoms with E-state index in [1.165, 1.54) is 0 Å². The molecule has 1 heterocycles. The molecule has 1 fully saturated rings. The maximum Gasteiger partial charge on any atom is 0.181 e. The maximum absolute atomic E-state index is 12.6. The Labute approximate surface area is 160 Å². The van der Waals surface area contributed by atoms with E-state index < -0.39 is 22.0 Å². The van der Waals surface area contributed by atoms with E-state index in [1.54, 1.807) is 24.3 Å². The lowest BCUT2D eigenvalue weighted by molar-refractivity contribution is -0.129. The van der Waals surface area contributed by atoms with Crippen LogP contribution in [0.25, 0.3) is 0 Å². The Morgan fingerprint density at radius 1 is 1.07 bits per heavy atom. The normalized spacial score (nSPS) is 23.3. The quantitative estimate of drug-likeness (QED) is 0.787. The van der Waals surface area contributed by atoms with Crippen LogP contribution in [0.1, 0.15) is 24.0 Å². The van der Waals surface area contributed by atoms with Crippen LogP contribution in [0.15, 0.2) is 59.5 Å². The van der Waals surface area contributed by atoms with Gasteiger partial charge < -0.3 is 14.6 Å². The van der Waals surface area contributed by atoms with Gasteiger partial charge in [-0.1, -0.05) is 48.0 Å². The Hall–Kier alpha value is -1.73. The highest BCUT2D eigenvalue weighted by atomic mass is 32.2. The van der Waals surface area contributed by atoms with E-state index >= 15 is 0 Å². The Bertz CT molecular complexity index is 817. The number of benzene rings is 2. The molecule has 1 saturated heterocycles. The fraction of sp³-hybridized carbons (Fsp3) is 0.429. The summed E-state index contributed by atoms with van der Waals surface area (Å²) in [6.07, 6.45) is -0.578. The molecule has 0 aromatic heterocycles. The average Bonchev–Trinajstić information content (AvgIpc) is 2.65. The molecule has 0 unspecified atom stereocenters. The first-order chi connectivity index (χ1) is 12.9. The standard InChI is InChI=1S/C21H26O5S/c1-16-7-10-19(11-8-16)27(23,24)15-21-20(22)12-9-18(26-21)14-25-13-17-5-3-2-4-6-17/h2-8,10-11,18,20-22H,9,12-15H2,1H3/t18-,20+,21-/m0/s1. The highest BCUT2D eigenvalue weighted by Crippen LogP contribution is 2.24. The van der Waals surface area contributed by atoms with E-state index in [9.17, 15) is 13.5 Å². The molecule has 0 bridgehead atoms. The number of ether oxygens (including phenoxy) is 2. The average molecular weight is 391 g/mol. The third-order valence-electron chi connectivity index (χ3n) is 4.76. The van der Waals surface area contributed by atoms with Crippen LogP contribution in [0.2, 0.25) is 0 Å². The zero-order valence-electron chi connectivity index (χ0n) is 15.5. The predicted octanol–water partition coefficient (Wildman–Crippen LogP) is 2.89. The van der Waals surface area contributed by atoms with Crippen LogP contribution in [0.5, 0.6) is 0 Å². The van der Waals surface area contributed by atoms with Crippen molar-refractivity contribution in [3.05, 3.63) is 65.7 Å². The second kappa shape index (κ2) is 8.97. The molecule has 0 aliphatic carbocycles. The molecule has 1 aliphatic rings. The molecular weight excluding hydrogens is 364 g/mol. The van der Waals surface area contributed by atoms with Gasteiger partial charge in [-0.25, -0.2) is 8.42 Å². The van der Waals surface area contributed by atoms with Gasteiger partial charge >= 0.3 is 0 Å². The highest BCUT2D eigenvalue weighted by molar-refractivity contribution is 7.91. The summed E-state index contributed by atoms with van der Waals surface area (Å²) in [5.41, 5.74) is 2.07. The number of aryl methyl sites for hydroxylation is 1. The van der Waals surface area contributed by atoms with Gasteiger partial charge in [-0.2, -0.15) is 0 Å². The topological polar surface area (TPSA) is 72.8 Å². The molecule has 1 N–H and O–H groups in total. The van der Waals surface area contributed by atoms with Crippen LogP contribution < -0.4 is 0 Å². The van der Waals surface area contributed by atoms with Crippen molar-refractivity contribution in [2.24, 2.45) is 0 Å². The number of aliphatic hydroxyl groups excluding tert-OH is 1. The lowest BCUT2D eigenvalue weighted by atomic mass is 10.0. The zero-order chi connectivity index (χ0) is 19.3. The Morgan fingerprint density at radius 3 is 2.48 bits per heavy atom. The Morgan fingerprint density at radius 2 is 1.78 bits per heavy atom. The molecule has 5 nitrogen and oxygen atoms in total. The van der Waals surface area contributed by atoms with Crippen LogP contribution in [-0.4, -0.2) is 44.2 Å². The van der Waals surface area contributed by atoms with Crippen LogP contribution in [0.3, 0.4) is 0 Å². The molecule has 0 saturated carbocycles. The van der Waals surface area contributed by atoms with Crippen molar-refractivity contribution in [3.63, 3.8) is 0 Å². The van der Waals surface area contributed by atoms with Gasteiger partial charge in [-0.05, 0) is 37.5 Å². The summed E-state index contributed by atoms with van der Waals surface area (Å²) in [6.45, 7) is 2.77. The lowest BCUT2D eigenvalue weighted by Gasteiger charge is -2.33. The molecule has 146 valence electrons. The van der Waals surface area contributed by atoms with E-state index in [4.69, 9.17) is 9.47 Å². The van der Waals surface area contributed by atoms with E-state index in [-0.39, 0.29) is 16.8 Å². The van der Waals surface area contributed by atoms with E-state index in [0.717, 1.165) is 11.1 Å². The second-order valence-corrected chi connectivity index (χ2v) is 9.07. The van der Waals surface area contributed by atoms with Crippen LogP contribution in [0, 0.1) is 6.92 Å². The number of sulfone groups is 1. The van der Waals surface area contributed by atoms with Gasteiger partial charge in [0.1, 0.15) is 0 Å². The summed E-state index contributed by atoms with van der Waals surface area (Å²) >= 11 is 0. The van der Waals surface area contributed by atoms with Crippen LogP contribution in [0.4, 0.5) is 0 Å². The number of aliphatic hydroxyl groups is 1. The molecule has 6 heteroatoms. The molecule has 27 heavy (non-hydrogen) atoms. The molecule has 1 aliphatic heterocycles. The van der Waals surface area contributed by atoms with Crippen molar-refractivity contribution in [2.75, 3.05) is 12.4 Å². The van der Waals surface area contributed by atoms with Gasteiger partial charge in [-0.3, -0.25) is 0 Å². The molecule has 3 atom stereocenters. The van der Waals surface area contributed by atoms with Gasteiger partial charge in [0.15, 0.2) is 9.84 Å². The lowest BCUT2D eigenvalue weighted by Crippen LogP contribution is -2.44. The second-order valence-electron chi connectivity index (χ2n) is 7.04. The maximum atomic E-state index is 12.6. The van der Waals surface area contributed by atoms with Gasteiger partial charge in [0, 0.05) is 0 Å². The molecule has 2 aromatic carbocycles. The number of rotatable bonds is 7. The van der Waals surface area contributed by atoms with E-state index in [0.29, 0.717) is 26.1 Å². The summed E-state index contributed by atoms with van der Waals surface area (Å²) in [5.74, 6) is -0.230. The predicted molar refractivity (Wildman–Crippen MR) is 103 cm³/mol. The van der Waals surface area contributed by atoms with Crippen molar-refractivity contribution in [2.45, 2.75) is 49.6 Å². The molecule has 0 amide bonds. The summed E-state index contributed by atoms with van der Waals surface area (Å²) < 4.78 is 36.9. The van der Waals surface area contributed by atoms with Crippen molar-refractivity contribution in [3.8, 4) is 0 Å². The van der Waals surface area contributed by atoms with Gasteiger partial charge in [0.05, 0.1) is 42.2 Å². The summed E-state index contributed by atoms with van der Waals surface area (Å²) in [4.78, 5) is 0.256. The smallest absolute Gasteiger partial charge is 0.181 e. The molecule has 0 spiro atoms. The van der Waals surface area contributed by atoms with Gasteiger partial charge in [0.25, 0.3) is 0 Å². The minimum Gasteiger partial charge on any atom is -0.390 e. The summed E-state index contributed by atoms with van der Waals surface area (Å²) in [5, 5.41) is 10.2. The first-order valence-corrected chi connectivity index (χ1v) is 10.8. The summed E-state index contributed by atoms with van der Waals surface area (Å²) in [7, 11) is -3.52. The van der Waals surface area contributed by atoms with E-state index in [1.807, 2.05) is 37.3 Å². The van der Waals surface area contributed by atoms with Gasteiger partial charge in [0.2, 0.25) is 0 Å². The first kappa shape index (κ1) is 20.0. The largest absolute Gasteiger partial charge is 0.390 e. The highest BCUT2D eigenvalue weighted by Gasteiger charge is 2.34. The summed E-state index contributed by atoms with van der Waals surface area (Å²) in [6, 6.07) is 16.6. The van der Waals surface area contributed by atoms with Gasteiger partial charge in [-0.15, -0.1) is 0 Å². The van der Waals surface area contributed by atoms with Crippen molar-refractivity contribution >= 4 is 9.84 Å². The van der Waals surface area contributed by atoms with Crippen molar-refractivity contribution < 1.29 is 23.0 Å². The minimum absolute atomic E-state index is 0.213. The fourth-order valence-electron chi connectivity index (χ4n) is 3.16. The van der Waals surface area contributed by atoms with Crippen molar-refractivity contribution in [1.82, 2.24) is 0 Å².